The fraction of sp³-hybridized carbons (Fsp3) is 0.267. The Kier molecular flexibility index (Phi) is 4.29. The molecule has 1 aromatic carbocycles. The molecule has 3 N–H and O–H groups in total. The van der Waals surface area contributed by atoms with Crippen molar-refractivity contribution in [1.82, 2.24) is 4.98 Å². The number of fused-ring (bicyclic) bond motifs is 1. The number of aryl methyl sites for hydroxylation is 1. The van der Waals surface area contributed by atoms with Crippen molar-refractivity contribution < 1.29 is 4.79 Å². The average Bonchev–Trinajstić information content (AvgIpc) is 2.38. The Bertz CT molecular complexity index is 669. The highest BCUT2D eigenvalue weighted by atomic mass is 32.1. The Morgan fingerprint density at radius 3 is 2.80 bits per heavy atom. The zero-order chi connectivity index (χ0) is 14.7. The number of aromatic nitrogens is 1. The number of amides is 1. The van der Waals surface area contributed by atoms with E-state index in [9.17, 15) is 4.79 Å². The summed E-state index contributed by atoms with van der Waals surface area (Å²) in [5.41, 5.74) is 8.05. The molecule has 104 valence electrons. The summed E-state index contributed by atoms with van der Waals surface area (Å²) in [5.74, 6) is -0.618. The molecular formula is C15H17N3OS. The predicted molar refractivity (Wildman–Crippen MR) is 85.7 cm³/mol. The fourth-order valence-electron chi connectivity index (χ4n) is 2.15. The predicted octanol–water partition coefficient (Wildman–Crippen LogP) is 2.79. The van der Waals surface area contributed by atoms with Crippen LogP contribution in [0.2, 0.25) is 0 Å². The van der Waals surface area contributed by atoms with Crippen molar-refractivity contribution in [3.05, 3.63) is 36.0 Å². The number of hydrogen-bond acceptors (Lipinski definition) is 3. The molecule has 2 aromatic rings. The molecule has 0 bridgehead atoms. The van der Waals surface area contributed by atoms with E-state index in [2.05, 4.69) is 10.3 Å². The highest BCUT2D eigenvalue weighted by Crippen LogP contribution is 2.23. The second-order valence-corrected chi connectivity index (χ2v) is 5.15. The van der Waals surface area contributed by atoms with Crippen molar-refractivity contribution in [2.75, 3.05) is 5.32 Å². The van der Waals surface area contributed by atoms with Gasteiger partial charge in [-0.15, -0.1) is 0 Å². The molecule has 0 aliphatic carbocycles. The number of anilines is 1. The minimum absolute atomic E-state index is 0.171. The maximum Gasteiger partial charge on any atom is 0.234 e. The Morgan fingerprint density at radius 2 is 2.15 bits per heavy atom. The van der Waals surface area contributed by atoms with E-state index in [1.165, 1.54) is 0 Å². The second-order valence-electron chi connectivity index (χ2n) is 4.68. The van der Waals surface area contributed by atoms with Gasteiger partial charge >= 0.3 is 0 Å². The Hall–Kier alpha value is -2.01. The van der Waals surface area contributed by atoms with Crippen LogP contribution in [0, 0.1) is 12.8 Å². The normalized spacial score (nSPS) is 12.1. The van der Waals surface area contributed by atoms with Crippen molar-refractivity contribution in [2.24, 2.45) is 11.7 Å². The monoisotopic (exact) mass is 287 g/mol. The molecule has 4 nitrogen and oxygen atoms in total. The van der Waals surface area contributed by atoms with Crippen LogP contribution in [0.5, 0.6) is 0 Å². The Balaban J connectivity index is 2.38. The van der Waals surface area contributed by atoms with Crippen LogP contribution in [0.1, 0.15) is 19.0 Å². The summed E-state index contributed by atoms with van der Waals surface area (Å²) < 4.78 is 0. The number of rotatable bonds is 4. The number of nitrogens with zero attached hydrogens (tertiary/aromatic N) is 1. The lowest BCUT2D eigenvalue weighted by Crippen LogP contribution is -2.32. The minimum Gasteiger partial charge on any atom is -0.393 e. The molecule has 2 rings (SSSR count). The summed E-state index contributed by atoms with van der Waals surface area (Å²) in [6.07, 6.45) is 0.586. The van der Waals surface area contributed by atoms with E-state index in [1.807, 2.05) is 44.2 Å². The smallest absolute Gasteiger partial charge is 0.234 e. The van der Waals surface area contributed by atoms with Crippen LogP contribution in [-0.4, -0.2) is 15.9 Å². The van der Waals surface area contributed by atoms with Crippen LogP contribution in [0.25, 0.3) is 10.9 Å². The van der Waals surface area contributed by atoms with Gasteiger partial charge in [-0.25, -0.2) is 0 Å². The van der Waals surface area contributed by atoms with E-state index >= 15 is 0 Å². The summed E-state index contributed by atoms with van der Waals surface area (Å²) in [4.78, 5) is 16.9. The molecule has 1 atom stereocenters. The first kappa shape index (κ1) is 14.4. The molecule has 0 fully saturated rings. The summed E-state index contributed by atoms with van der Waals surface area (Å²) in [6.45, 7) is 3.78. The third-order valence-electron chi connectivity index (χ3n) is 3.17. The van der Waals surface area contributed by atoms with E-state index in [0.717, 1.165) is 22.3 Å². The molecule has 20 heavy (non-hydrogen) atoms. The van der Waals surface area contributed by atoms with Gasteiger partial charge in [0.1, 0.15) is 0 Å². The molecule has 1 amide bonds. The molecule has 1 unspecified atom stereocenters. The van der Waals surface area contributed by atoms with Gasteiger partial charge in [0.2, 0.25) is 5.91 Å². The van der Waals surface area contributed by atoms with E-state index in [-0.39, 0.29) is 10.9 Å². The zero-order valence-electron chi connectivity index (χ0n) is 11.5. The summed E-state index contributed by atoms with van der Waals surface area (Å²) in [6, 6.07) is 9.54. The van der Waals surface area contributed by atoms with E-state index in [4.69, 9.17) is 18.0 Å². The summed E-state index contributed by atoms with van der Waals surface area (Å²) in [5, 5.41) is 3.82. The number of benzene rings is 1. The summed E-state index contributed by atoms with van der Waals surface area (Å²) >= 11 is 4.93. The number of para-hydroxylation sites is 1. The van der Waals surface area contributed by atoms with Crippen LogP contribution >= 0.6 is 12.2 Å². The van der Waals surface area contributed by atoms with E-state index in [1.54, 1.807) is 0 Å². The van der Waals surface area contributed by atoms with E-state index < -0.39 is 5.92 Å². The topological polar surface area (TPSA) is 68.0 Å². The third kappa shape index (κ3) is 2.93. The number of nitrogens with one attached hydrogen (secondary N) is 1. The number of carbonyl (C=O) groups excluding carboxylic acids is 1. The third-order valence-corrected chi connectivity index (χ3v) is 3.45. The van der Waals surface area contributed by atoms with Crippen molar-refractivity contribution >= 4 is 39.7 Å². The van der Waals surface area contributed by atoms with Crippen LogP contribution in [0.4, 0.5) is 5.69 Å². The van der Waals surface area contributed by atoms with Gasteiger partial charge in [0, 0.05) is 11.1 Å². The minimum atomic E-state index is -0.447. The highest BCUT2D eigenvalue weighted by Gasteiger charge is 2.20. The maximum atomic E-state index is 12.2. The second kappa shape index (κ2) is 5.96. The van der Waals surface area contributed by atoms with Gasteiger partial charge in [-0.2, -0.15) is 0 Å². The van der Waals surface area contributed by atoms with Gasteiger partial charge in [-0.05, 0) is 25.5 Å². The van der Waals surface area contributed by atoms with Gasteiger partial charge in [-0.1, -0.05) is 37.3 Å². The molecule has 0 radical (unpaired) electrons. The number of carbonyl (C=O) groups is 1. The standard InChI is InChI=1S/C15H17N3OS/c1-3-10(14(16)20)15(19)18-13-8-9(2)17-12-7-5-4-6-11(12)13/h4-8,10H,3H2,1-2H3,(H2,16,20)(H,17,18,19). The molecule has 0 spiro atoms. The fourth-order valence-corrected chi connectivity index (χ4v) is 2.42. The van der Waals surface area contributed by atoms with Gasteiger partial charge in [0.15, 0.2) is 0 Å². The van der Waals surface area contributed by atoms with Gasteiger partial charge < -0.3 is 11.1 Å². The average molecular weight is 287 g/mol. The first-order valence-electron chi connectivity index (χ1n) is 6.49. The SMILES string of the molecule is CCC(C(=O)Nc1cc(C)nc2ccccc12)C(N)=S. The van der Waals surface area contributed by atoms with Gasteiger partial charge in [0.25, 0.3) is 0 Å². The summed E-state index contributed by atoms with van der Waals surface area (Å²) in [7, 11) is 0. The van der Waals surface area contributed by atoms with Crippen LogP contribution in [-0.2, 0) is 4.79 Å². The quantitative estimate of drug-likeness (QED) is 0.849. The lowest BCUT2D eigenvalue weighted by atomic mass is 10.1. The van der Waals surface area contributed by atoms with Crippen LogP contribution in [0.3, 0.4) is 0 Å². The Labute approximate surface area is 123 Å². The van der Waals surface area contributed by atoms with Crippen molar-refractivity contribution in [2.45, 2.75) is 20.3 Å². The Morgan fingerprint density at radius 1 is 1.45 bits per heavy atom. The first-order chi connectivity index (χ1) is 9.52. The van der Waals surface area contributed by atoms with Crippen molar-refractivity contribution in [3.8, 4) is 0 Å². The van der Waals surface area contributed by atoms with Gasteiger partial charge in [-0.3, -0.25) is 9.78 Å². The highest BCUT2D eigenvalue weighted by molar-refractivity contribution is 7.80. The molecular weight excluding hydrogens is 270 g/mol. The first-order valence-corrected chi connectivity index (χ1v) is 6.90. The van der Waals surface area contributed by atoms with Crippen LogP contribution in [0.15, 0.2) is 30.3 Å². The zero-order valence-corrected chi connectivity index (χ0v) is 12.3. The molecule has 0 aliphatic heterocycles. The largest absolute Gasteiger partial charge is 0.393 e. The van der Waals surface area contributed by atoms with E-state index in [0.29, 0.717) is 6.42 Å². The molecule has 0 aliphatic rings. The molecule has 1 aromatic heterocycles. The number of thiocarbonyl (C=S) groups is 1. The lowest BCUT2D eigenvalue weighted by molar-refractivity contribution is -0.118. The molecule has 0 saturated heterocycles. The lowest BCUT2D eigenvalue weighted by Gasteiger charge is -2.15. The van der Waals surface area contributed by atoms with Crippen molar-refractivity contribution in [3.63, 3.8) is 0 Å². The number of nitrogens with two attached hydrogens (primary N) is 1. The number of hydrogen-bond donors (Lipinski definition) is 2. The molecule has 0 saturated carbocycles. The number of pyridine rings is 1. The van der Waals surface area contributed by atoms with Gasteiger partial charge in [0.05, 0.1) is 22.1 Å². The maximum absolute atomic E-state index is 12.2. The molecule has 5 heteroatoms. The van der Waals surface area contributed by atoms with Crippen LogP contribution < -0.4 is 11.1 Å². The molecule has 1 heterocycles. The van der Waals surface area contributed by atoms with Crippen molar-refractivity contribution in [1.29, 1.82) is 0 Å².